The molecule has 21 heavy (non-hydrogen) atoms. The molecule has 1 aromatic carbocycles. The van der Waals surface area contributed by atoms with Crippen LogP contribution in [0.3, 0.4) is 0 Å². The second-order valence-electron chi connectivity index (χ2n) is 4.42. The summed E-state index contributed by atoms with van der Waals surface area (Å²) in [7, 11) is 1.62. The first-order chi connectivity index (χ1) is 10.2. The molecule has 2 N–H and O–H groups in total. The molecule has 0 saturated heterocycles. The van der Waals surface area contributed by atoms with E-state index in [2.05, 4.69) is 15.6 Å². The van der Waals surface area contributed by atoms with Gasteiger partial charge < -0.3 is 10.6 Å². The summed E-state index contributed by atoms with van der Waals surface area (Å²) in [4.78, 5) is 16.6. The highest BCUT2D eigenvalue weighted by Gasteiger charge is 2.11. The van der Waals surface area contributed by atoms with Gasteiger partial charge in [-0.1, -0.05) is 11.6 Å². The summed E-state index contributed by atoms with van der Waals surface area (Å²) in [6.07, 6.45) is 3.51. The van der Waals surface area contributed by atoms with E-state index >= 15 is 0 Å². The minimum atomic E-state index is -0.0892. The van der Waals surface area contributed by atoms with Crippen molar-refractivity contribution in [3.63, 3.8) is 0 Å². The molecule has 0 spiro atoms. The highest BCUT2D eigenvalue weighted by atomic mass is 35.5. The van der Waals surface area contributed by atoms with E-state index in [-0.39, 0.29) is 5.91 Å². The van der Waals surface area contributed by atoms with Crippen molar-refractivity contribution in [3.8, 4) is 0 Å². The van der Waals surface area contributed by atoms with Gasteiger partial charge in [0, 0.05) is 29.3 Å². The number of thiophene rings is 1. The Morgan fingerprint density at radius 1 is 1.24 bits per heavy atom. The number of hydrogen-bond acceptors (Lipinski definition) is 4. The van der Waals surface area contributed by atoms with Crippen LogP contribution in [0.5, 0.6) is 0 Å². The normalized spacial score (nSPS) is 10.6. The minimum absolute atomic E-state index is 0.0892. The summed E-state index contributed by atoms with van der Waals surface area (Å²) in [5, 5.41) is 7.60. The largest absolute Gasteiger partial charge is 0.354 e. The van der Waals surface area contributed by atoms with Crippen LogP contribution in [0.4, 0.5) is 11.4 Å². The Labute approximate surface area is 130 Å². The predicted octanol–water partition coefficient (Wildman–Crippen LogP) is 4.05. The van der Waals surface area contributed by atoms with Gasteiger partial charge in [0.25, 0.3) is 5.91 Å². The van der Waals surface area contributed by atoms with E-state index in [4.69, 9.17) is 11.6 Å². The average Bonchev–Trinajstić information content (AvgIpc) is 2.94. The van der Waals surface area contributed by atoms with Crippen LogP contribution in [0.1, 0.15) is 9.67 Å². The van der Waals surface area contributed by atoms with Crippen molar-refractivity contribution < 1.29 is 4.79 Å². The molecule has 0 atom stereocenters. The fourth-order valence-corrected chi connectivity index (χ4v) is 3.11. The third-order valence-electron chi connectivity index (χ3n) is 3.02. The summed E-state index contributed by atoms with van der Waals surface area (Å²) in [5.41, 5.74) is 1.78. The molecule has 3 rings (SSSR count). The number of rotatable bonds is 3. The third-order valence-corrected chi connectivity index (χ3v) is 4.34. The van der Waals surface area contributed by atoms with Gasteiger partial charge in [0.2, 0.25) is 0 Å². The van der Waals surface area contributed by atoms with Gasteiger partial charge in [-0.3, -0.25) is 9.78 Å². The van der Waals surface area contributed by atoms with E-state index in [1.807, 2.05) is 30.3 Å². The van der Waals surface area contributed by atoms with Gasteiger partial charge in [0.1, 0.15) is 0 Å². The average molecular weight is 318 g/mol. The standard InChI is InChI=1S/C15H12ClN3OS/c1-17-15(20)13-6-11-12(7-18-8-14(11)21-13)19-10-4-2-9(16)3-5-10/h2-8,19H,1H3,(H,17,20). The molecule has 3 aromatic rings. The Balaban J connectivity index is 2.00. The van der Waals surface area contributed by atoms with Gasteiger partial charge in [0.15, 0.2) is 0 Å². The Kier molecular flexibility index (Phi) is 3.77. The zero-order valence-corrected chi connectivity index (χ0v) is 12.8. The molecule has 0 bridgehead atoms. The SMILES string of the molecule is CNC(=O)c1cc2c(Nc3ccc(Cl)cc3)cncc2s1. The summed E-state index contributed by atoms with van der Waals surface area (Å²) in [6.45, 7) is 0. The number of hydrogen-bond donors (Lipinski definition) is 2. The van der Waals surface area contributed by atoms with Gasteiger partial charge in [-0.2, -0.15) is 0 Å². The molecule has 2 aromatic heterocycles. The van der Waals surface area contributed by atoms with Gasteiger partial charge in [-0.15, -0.1) is 11.3 Å². The topological polar surface area (TPSA) is 54.0 Å². The van der Waals surface area contributed by atoms with Crippen LogP contribution in [0.2, 0.25) is 5.02 Å². The maximum Gasteiger partial charge on any atom is 0.261 e. The molecule has 106 valence electrons. The highest BCUT2D eigenvalue weighted by Crippen LogP contribution is 2.32. The van der Waals surface area contributed by atoms with E-state index < -0.39 is 0 Å². The number of halogens is 1. The van der Waals surface area contributed by atoms with Crippen LogP contribution in [-0.4, -0.2) is 17.9 Å². The van der Waals surface area contributed by atoms with Crippen LogP contribution in [-0.2, 0) is 0 Å². The second kappa shape index (κ2) is 5.71. The van der Waals surface area contributed by atoms with Gasteiger partial charge >= 0.3 is 0 Å². The third kappa shape index (κ3) is 2.84. The molecule has 6 heteroatoms. The molecule has 0 fully saturated rings. The predicted molar refractivity (Wildman–Crippen MR) is 87.7 cm³/mol. The summed E-state index contributed by atoms with van der Waals surface area (Å²) >= 11 is 7.30. The van der Waals surface area contributed by atoms with Crippen molar-refractivity contribution in [1.82, 2.24) is 10.3 Å². The van der Waals surface area contributed by atoms with Crippen molar-refractivity contribution in [3.05, 3.63) is 52.6 Å². The monoisotopic (exact) mass is 317 g/mol. The number of carbonyl (C=O) groups excluding carboxylic acids is 1. The van der Waals surface area contributed by atoms with E-state index in [0.29, 0.717) is 9.90 Å². The van der Waals surface area contributed by atoms with E-state index in [0.717, 1.165) is 21.5 Å². The van der Waals surface area contributed by atoms with Crippen molar-refractivity contribution in [2.75, 3.05) is 12.4 Å². The molecule has 0 aliphatic heterocycles. The number of amides is 1. The van der Waals surface area contributed by atoms with Crippen molar-refractivity contribution in [2.45, 2.75) is 0 Å². The van der Waals surface area contributed by atoms with Crippen molar-refractivity contribution in [1.29, 1.82) is 0 Å². The fourth-order valence-electron chi connectivity index (χ4n) is 1.98. The maximum absolute atomic E-state index is 11.7. The Morgan fingerprint density at radius 3 is 2.71 bits per heavy atom. The lowest BCUT2D eigenvalue weighted by Gasteiger charge is -2.07. The zero-order valence-electron chi connectivity index (χ0n) is 11.2. The van der Waals surface area contributed by atoms with E-state index in [1.165, 1.54) is 11.3 Å². The maximum atomic E-state index is 11.7. The quantitative estimate of drug-likeness (QED) is 0.766. The Morgan fingerprint density at radius 2 is 2.00 bits per heavy atom. The summed E-state index contributed by atoms with van der Waals surface area (Å²) in [6, 6.07) is 9.31. The van der Waals surface area contributed by atoms with Crippen LogP contribution in [0.25, 0.3) is 10.1 Å². The molecular weight excluding hydrogens is 306 g/mol. The number of carbonyl (C=O) groups is 1. The number of pyridine rings is 1. The van der Waals surface area contributed by atoms with Gasteiger partial charge in [-0.25, -0.2) is 0 Å². The first-order valence-corrected chi connectivity index (χ1v) is 7.49. The lowest BCUT2D eigenvalue weighted by Crippen LogP contribution is -2.15. The lowest BCUT2D eigenvalue weighted by atomic mass is 10.2. The molecule has 4 nitrogen and oxygen atoms in total. The molecule has 0 unspecified atom stereocenters. The van der Waals surface area contributed by atoms with Crippen molar-refractivity contribution in [2.24, 2.45) is 0 Å². The number of benzene rings is 1. The lowest BCUT2D eigenvalue weighted by molar-refractivity contribution is 0.0967. The number of aromatic nitrogens is 1. The zero-order chi connectivity index (χ0) is 14.8. The molecule has 1 amide bonds. The first-order valence-electron chi connectivity index (χ1n) is 6.29. The highest BCUT2D eigenvalue weighted by molar-refractivity contribution is 7.20. The van der Waals surface area contributed by atoms with Crippen LogP contribution in [0, 0.1) is 0 Å². The summed E-state index contributed by atoms with van der Waals surface area (Å²) < 4.78 is 0.965. The van der Waals surface area contributed by atoms with E-state index in [1.54, 1.807) is 19.4 Å². The molecule has 0 saturated carbocycles. The second-order valence-corrected chi connectivity index (χ2v) is 5.94. The summed E-state index contributed by atoms with van der Waals surface area (Å²) in [5.74, 6) is -0.0892. The fraction of sp³-hybridized carbons (Fsp3) is 0.0667. The number of nitrogens with one attached hydrogen (secondary N) is 2. The molecule has 0 aliphatic carbocycles. The molecule has 0 aliphatic rings. The number of fused-ring (bicyclic) bond motifs is 1. The van der Waals surface area contributed by atoms with Crippen LogP contribution in [0.15, 0.2) is 42.7 Å². The number of anilines is 2. The molecule has 0 radical (unpaired) electrons. The van der Waals surface area contributed by atoms with Crippen LogP contribution < -0.4 is 10.6 Å². The molecule has 2 heterocycles. The Hall–Kier alpha value is -2.11. The molecular formula is C15H12ClN3OS. The smallest absolute Gasteiger partial charge is 0.261 e. The minimum Gasteiger partial charge on any atom is -0.354 e. The van der Waals surface area contributed by atoms with Gasteiger partial charge in [-0.05, 0) is 30.3 Å². The number of nitrogens with zero attached hydrogens (tertiary/aromatic N) is 1. The van der Waals surface area contributed by atoms with Crippen molar-refractivity contribution >= 4 is 50.3 Å². The van der Waals surface area contributed by atoms with E-state index in [9.17, 15) is 4.79 Å². The first kappa shape index (κ1) is 13.9. The Bertz CT molecular complexity index is 798. The van der Waals surface area contributed by atoms with Gasteiger partial charge in [0.05, 0.1) is 21.5 Å². The van der Waals surface area contributed by atoms with Crippen LogP contribution >= 0.6 is 22.9 Å².